The highest BCUT2D eigenvalue weighted by Gasteiger charge is 2.17. The topological polar surface area (TPSA) is 90.3 Å². The molecule has 0 aliphatic carbocycles. The van der Waals surface area contributed by atoms with Crippen LogP contribution in [0.4, 0.5) is 5.69 Å². The van der Waals surface area contributed by atoms with Crippen molar-refractivity contribution in [3.05, 3.63) is 70.1 Å². The van der Waals surface area contributed by atoms with Gasteiger partial charge >= 0.3 is 5.97 Å². The molecule has 4 aromatic rings. The van der Waals surface area contributed by atoms with Crippen LogP contribution in [0.15, 0.2) is 53.3 Å². The molecule has 0 unspecified atom stereocenters. The molecule has 1 amide bonds. The Morgan fingerprint density at radius 2 is 1.86 bits per heavy atom. The summed E-state index contributed by atoms with van der Waals surface area (Å²) in [5.41, 5.74) is 0.915. The lowest BCUT2D eigenvalue weighted by Crippen LogP contribution is -2.30. The average Bonchev–Trinajstić information content (AvgIpc) is 3.12. The van der Waals surface area contributed by atoms with Crippen molar-refractivity contribution in [3.63, 3.8) is 0 Å². The summed E-state index contributed by atoms with van der Waals surface area (Å²) in [7, 11) is 1.27. The Morgan fingerprint density at radius 1 is 1.14 bits per heavy atom. The van der Waals surface area contributed by atoms with E-state index >= 15 is 0 Å². The van der Waals surface area contributed by atoms with Gasteiger partial charge in [0.2, 0.25) is 5.91 Å². The molecule has 0 bridgehead atoms. The molecule has 2 aromatic carbocycles. The lowest BCUT2D eigenvalue weighted by atomic mass is 10.2. The average molecular weight is 407 g/mol. The molecular formula is C21H17N3O4S. The van der Waals surface area contributed by atoms with Gasteiger partial charge in [0.05, 0.1) is 34.1 Å². The maximum absolute atomic E-state index is 13.0. The van der Waals surface area contributed by atoms with Crippen LogP contribution in [-0.2, 0) is 16.1 Å². The fourth-order valence-corrected chi connectivity index (χ4v) is 4.36. The van der Waals surface area contributed by atoms with Gasteiger partial charge in [0.25, 0.3) is 5.56 Å². The first-order valence-corrected chi connectivity index (χ1v) is 9.67. The summed E-state index contributed by atoms with van der Waals surface area (Å²) in [6.07, 6.45) is 0. The van der Waals surface area contributed by atoms with Crippen LogP contribution in [0.25, 0.3) is 20.2 Å². The van der Waals surface area contributed by atoms with E-state index in [0.717, 1.165) is 19.5 Å². The Balaban J connectivity index is 1.69. The molecule has 29 heavy (non-hydrogen) atoms. The van der Waals surface area contributed by atoms with Crippen molar-refractivity contribution in [1.29, 1.82) is 0 Å². The number of aryl methyl sites for hydroxylation is 1. The van der Waals surface area contributed by atoms with Crippen LogP contribution in [0.3, 0.4) is 0 Å². The van der Waals surface area contributed by atoms with Gasteiger partial charge in [0.1, 0.15) is 6.54 Å². The van der Waals surface area contributed by atoms with E-state index in [1.54, 1.807) is 24.3 Å². The minimum atomic E-state index is -0.557. The number of ether oxygens (including phenoxy) is 1. The zero-order chi connectivity index (χ0) is 20.5. The second-order valence-corrected chi connectivity index (χ2v) is 7.49. The SMILES string of the molecule is COC(=O)c1ccccc1NC(=O)Cn1nc(C)c2sc3ccccc3c2c1=O. The monoisotopic (exact) mass is 407 g/mol. The molecule has 0 radical (unpaired) electrons. The van der Waals surface area contributed by atoms with Crippen LogP contribution < -0.4 is 10.9 Å². The molecule has 2 aromatic heterocycles. The summed E-state index contributed by atoms with van der Waals surface area (Å²) in [4.78, 5) is 37.5. The molecular weight excluding hydrogens is 390 g/mol. The van der Waals surface area contributed by atoms with Crippen molar-refractivity contribution in [2.24, 2.45) is 0 Å². The van der Waals surface area contributed by atoms with E-state index in [4.69, 9.17) is 4.74 Å². The smallest absolute Gasteiger partial charge is 0.339 e. The fraction of sp³-hybridized carbons (Fsp3) is 0.143. The number of nitrogens with one attached hydrogen (secondary N) is 1. The normalized spacial score (nSPS) is 11.0. The Kier molecular flexibility index (Phi) is 4.85. The number of aromatic nitrogens is 2. The number of para-hydroxylation sites is 1. The fourth-order valence-electron chi connectivity index (χ4n) is 3.23. The molecule has 0 aliphatic heterocycles. The van der Waals surface area contributed by atoms with E-state index < -0.39 is 11.9 Å². The van der Waals surface area contributed by atoms with Gasteiger partial charge in [0.15, 0.2) is 0 Å². The maximum atomic E-state index is 13.0. The summed E-state index contributed by atoms with van der Waals surface area (Å²) in [6.45, 7) is 1.55. The molecule has 7 nitrogen and oxygen atoms in total. The standard InChI is InChI=1S/C21H17N3O4S/c1-12-19-18(14-8-4-6-10-16(14)29-19)20(26)24(23-12)11-17(25)22-15-9-5-3-7-13(15)21(27)28-2/h3-10H,11H2,1-2H3,(H,22,25). The van der Waals surface area contributed by atoms with Crippen molar-refractivity contribution < 1.29 is 14.3 Å². The number of rotatable bonds is 4. The summed E-state index contributed by atoms with van der Waals surface area (Å²) >= 11 is 1.51. The van der Waals surface area contributed by atoms with Crippen molar-refractivity contribution in [3.8, 4) is 0 Å². The van der Waals surface area contributed by atoms with E-state index in [2.05, 4.69) is 10.4 Å². The number of amides is 1. The third-order valence-electron chi connectivity index (χ3n) is 4.54. The lowest BCUT2D eigenvalue weighted by molar-refractivity contribution is -0.117. The first kappa shape index (κ1) is 18.8. The maximum Gasteiger partial charge on any atom is 0.339 e. The van der Waals surface area contributed by atoms with Gasteiger partial charge in [-0.1, -0.05) is 30.3 Å². The first-order chi connectivity index (χ1) is 14.0. The van der Waals surface area contributed by atoms with Gasteiger partial charge in [-0.25, -0.2) is 9.48 Å². The number of hydrogen-bond acceptors (Lipinski definition) is 6. The van der Waals surface area contributed by atoms with Crippen LogP contribution in [0.2, 0.25) is 0 Å². The van der Waals surface area contributed by atoms with Gasteiger partial charge < -0.3 is 10.1 Å². The van der Waals surface area contributed by atoms with E-state index in [9.17, 15) is 14.4 Å². The highest BCUT2D eigenvalue weighted by atomic mass is 32.1. The van der Waals surface area contributed by atoms with Crippen molar-refractivity contribution in [2.45, 2.75) is 13.5 Å². The van der Waals surface area contributed by atoms with Gasteiger partial charge in [-0.2, -0.15) is 5.10 Å². The van der Waals surface area contributed by atoms with Crippen molar-refractivity contribution >= 4 is 49.1 Å². The number of carbonyl (C=O) groups is 2. The van der Waals surface area contributed by atoms with E-state index in [-0.39, 0.29) is 17.7 Å². The summed E-state index contributed by atoms with van der Waals surface area (Å²) < 4.78 is 7.72. The third-order valence-corrected chi connectivity index (χ3v) is 5.82. The first-order valence-electron chi connectivity index (χ1n) is 8.85. The van der Waals surface area contributed by atoms with E-state index in [1.807, 2.05) is 31.2 Å². The molecule has 0 fully saturated rings. The second-order valence-electron chi connectivity index (χ2n) is 6.44. The molecule has 0 aliphatic rings. The highest BCUT2D eigenvalue weighted by molar-refractivity contribution is 7.26. The number of nitrogens with zero attached hydrogens (tertiary/aromatic N) is 2. The quantitative estimate of drug-likeness (QED) is 0.524. The van der Waals surface area contributed by atoms with Crippen LogP contribution in [0, 0.1) is 6.92 Å². The highest BCUT2D eigenvalue weighted by Crippen LogP contribution is 2.32. The number of anilines is 1. The van der Waals surface area contributed by atoms with Crippen molar-refractivity contribution in [1.82, 2.24) is 9.78 Å². The number of carbonyl (C=O) groups excluding carboxylic acids is 2. The van der Waals surface area contributed by atoms with Crippen LogP contribution >= 0.6 is 11.3 Å². The van der Waals surface area contributed by atoms with Gasteiger partial charge in [0, 0.05) is 10.1 Å². The molecule has 8 heteroatoms. The van der Waals surface area contributed by atoms with E-state index in [0.29, 0.717) is 16.8 Å². The molecule has 1 N–H and O–H groups in total. The Hall–Kier alpha value is -3.52. The van der Waals surface area contributed by atoms with Gasteiger partial charge in [-0.05, 0) is 25.1 Å². The number of hydrogen-bond donors (Lipinski definition) is 1. The molecule has 2 heterocycles. The Morgan fingerprint density at radius 3 is 2.66 bits per heavy atom. The number of thiophene rings is 1. The second kappa shape index (κ2) is 7.48. The molecule has 146 valence electrons. The predicted octanol–water partition coefficient (Wildman–Crippen LogP) is 3.34. The summed E-state index contributed by atoms with van der Waals surface area (Å²) in [6, 6.07) is 14.2. The van der Waals surface area contributed by atoms with Crippen LogP contribution in [-0.4, -0.2) is 28.8 Å². The van der Waals surface area contributed by atoms with E-state index in [1.165, 1.54) is 18.4 Å². The van der Waals surface area contributed by atoms with Crippen molar-refractivity contribution in [2.75, 3.05) is 12.4 Å². The zero-order valence-electron chi connectivity index (χ0n) is 15.8. The van der Waals surface area contributed by atoms with Crippen LogP contribution in [0.5, 0.6) is 0 Å². The largest absolute Gasteiger partial charge is 0.465 e. The number of methoxy groups -OCH3 is 1. The Bertz CT molecular complexity index is 1320. The van der Waals surface area contributed by atoms with Crippen LogP contribution in [0.1, 0.15) is 16.1 Å². The van der Waals surface area contributed by atoms with Gasteiger partial charge in [-0.3, -0.25) is 9.59 Å². The summed E-state index contributed by atoms with van der Waals surface area (Å²) in [5.74, 6) is -1.02. The molecule has 0 saturated heterocycles. The molecule has 0 saturated carbocycles. The third kappa shape index (κ3) is 3.38. The lowest BCUT2D eigenvalue weighted by Gasteiger charge is -2.11. The predicted molar refractivity (Wildman–Crippen MR) is 113 cm³/mol. The minimum absolute atomic E-state index is 0.235. The van der Waals surface area contributed by atoms with Gasteiger partial charge in [-0.15, -0.1) is 11.3 Å². The Labute approximate surface area is 169 Å². The minimum Gasteiger partial charge on any atom is -0.465 e. The molecule has 0 spiro atoms. The number of esters is 1. The zero-order valence-corrected chi connectivity index (χ0v) is 16.6. The molecule has 4 rings (SSSR count). The summed E-state index contributed by atoms with van der Waals surface area (Å²) in [5, 5.41) is 8.40. The molecule has 0 atom stereocenters. The number of fused-ring (bicyclic) bond motifs is 3. The number of benzene rings is 2.